The SMILES string of the molecule is COc1ccc(CC(CBr)Cc2ccc(Br)cc2F)cc1. The van der Waals surface area contributed by atoms with Gasteiger partial charge in [-0.25, -0.2) is 4.39 Å². The van der Waals surface area contributed by atoms with Gasteiger partial charge in [0.2, 0.25) is 0 Å². The molecular formula is C17H17Br2FO. The minimum atomic E-state index is -0.148. The van der Waals surface area contributed by atoms with E-state index in [1.807, 2.05) is 24.3 Å². The van der Waals surface area contributed by atoms with Crippen molar-refractivity contribution in [3.63, 3.8) is 0 Å². The van der Waals surface area contributed by atoms with Crippen molar-refractivity contribution in [1.29, 1.82) is 0 Å². The van der Waals surface area contributed by atoms with Crippen molar-refractivity contribution in [1.82, 2.24) is 0 Å². The van der Waals surface area contributed by atoms with Crippen LogP contribution in [0.4, 0.5) is 4.39 Å². The first-order chi connectivity index (χ1) is 10.1. The maximum atomic E-state index is 13.9. The number of hydrogen-bond donors (Lipinski definition) is 0. The zero-order valence-electron chi connectivity index (χ0n) is 11.8. The Morgan fingerprint density at radius 1 is 1.10 bits per heavy atom. The van der Waals surface area contributed by atoms with E-state index < -0.39 is 0 Å². The maximum absolute atomic E-state index is 13.9. The number of alkyl halides is 1. The summed E-state index contributed by atoms with van der Waals surface area (Å²) < 4.78 is 19.9. The Morgan fingerprint density at radius 3 is 2.38 bits per heavy atom. The van der Waals surface area contributed by atoms with Crippen LogP contribution in [0.15, 0.2) is 46.9 Å². The number of hydrogen-bond acceptors (Lipinski definition) is 1. The average molecular weight is 416 g/mol. The Bertz CT molecular complexity index is 584. The third-order valence-corrected chi connectivity index (χ3v) is 4.83. The van der Waals surface area contributed by atoms with Gasteiger partial charge in [0, 0.05) is 9.80 Å². The molecule has 0 heterocycles. The first kappa shape index (κ1) is 16.5. The molecule has 4 heteroatoms. The third kappa shape index (κ3) is 4.82. The minimum absolute atomic E-state index is 0.148. The molecule has 112 valence electrons. The van der Waals surface area contributed by atoms with Crippen molar-refractivity contribution in [2.75, 3.05) is 12.4 Å². The van der Waals surface area contributed by atoms with Crippen LogP contribution in [0.2, 0.25) is 0 Å². The number of halogens is 3. The van der Waals surface area contributed by atoms with E-state index in [1.165, 1.54) is 11.6 Å². The van der Waals surface area contributed by atoms with Crippen LogP contribution in [0.3, 0.4) is 0 Å². The summed E-state index contributed by atoms with van der Waals surface area (Å²) >= 11 is 6.83. The number of methoxy groups -OCH3 is 1. The van der Waals surface area contributed by atoms with E-state index in [4.69, 9.17) is 4.74 Å². The van der Waals surface area contributed by atoms with E-state index in [-0.39, 0.29) is 5.82 Å². The largest absolute Gasteiger partial charge is 0.497 e. The molecule has 0 fully saturated rings. The maximum Gasteiger partial charge on any atom is 0.127 e. The lowest BCUT2D eigenvalue weighted by molar-refractivity contribution is 0.414. The smallest absolute Gasteiger partial charge is 0.127 e. The highest BCUT2D eigenvalue weighted by molar-refractivity contribution is 9.10. The highest BCUT2D eigenvalue weighted by atomic mass is 79.9. The van der Waals surface area contributed by atoms with Crippen LogP contribution in [0.5, 0.6) is 5.75 Å². The molecule has 0 bridgehead atoms. The van der Waals surface area contributed by atoms with Gasteiger partial charge in [-0.2, -0.15) is 0 Å². The molecule has 0 saturated heterocycles. The molecule has 0 N–H and O–H groups in total. The number of rotatable bonds is 6. The molecular weight excluding hydrogens is 399 g/mol. The summed E-state index contributed by atoms with van der Waals surface area (Å²) in [7, 11) is 1.66. The summed E-state index contributed by atoms with van der Waals surface area (Å²) in [4.78, 5) is 0. The van der Waals surface area contributed by atoms with Gasteiger partial charge in [-0.3, -0.25) is 0 Å². The van der Waals surface area contributed by atoms with Gasteiger partial charge < -0.3 is 4.74 Å². The van der Waals surface area contributed by atoms with Crippen molar-refractivity contribution in [2.45, 2.75) is 12.8 Å². The van der Waals surface area contributed by atoms with Gasteiger partial charge in [0.05, 0.1) is 7.11 Å². The Kier molecular flexibility index (Phi) is 6.24. The average Bonchev–Trinajstić information content (AvgIpc) is 2.49. The molecule has 0 amide bonds. The highest BCUT2D eigenvalue weighted by Gasteiger charge is 2.13. The summed E-state index contributed by atoms with van der Waals surface area (Å²) in [6, 6.07) is 13.3. The fraction of sp³-hybridized carbons (Fsp3) is 0.294. The van der Waals surface area contributed by atoms with E-state index >= 15 is 0 Å². The highest BCUT2D eigenvalue weighted by Crippen LogP contribution is 2.22. The molecule has 2 rings (SSSR count). The molecule has 2 aromatic rings. The second kappa shape index (κ2) is 7.95. The van der Waals surface area contributed by atoms with Gasteiger partial charge in [-0.1, -0.05) is 50.1 Å². The van der Waals surface area contributed by atoms with E-state index in [0.717, 1.165) is 34.0 Å². The zero-order chi connectivity index (χ0) is 15.2. The molecule has 1 unspecified atom stereocenters. The molecule has 0 saturated carbocycles. The standard InChI is InChI=1S/C17H17Br2FO/c1-21-16-6-2-12(3-7-16)8-13(11-18)9-14-4-5-15(19)10-17(14)20/h2-7,10,13H,8-9,11H2,1H3. The molecule has 1 nitrogen and oxygen atoms in total. The fourth-order valence-corrected chi connectivity index (χ4v) is 3.07. The summed E-state index contributed by atoms with van der Waals surface area (Å²) in [6.07, 6.45) is 1.63. The van der Waals surface area contributed by atoms with Crippen molar-refractivity contribution in [3.05, 3.63) is 63.9 Å². The lowest BCUT2D eigenvalue weighted by Crippen LogP contribution is -2.11. The van der Waals surface area contributed by atoms with Crippen LogP contribution >= 0.6 is 31.9 Å². The topological polar surface area (TPSA) is 9.23 Å². The van der Waals surface area contributed by atoms with Gasteiger partial charge in [-0.15, -0.1) is 0 Å². The fourth-order valence-electron chi connectivity index (χ4n) is 2.27. The lowest BCUT2D eigenvalue weighted by Gasteiger charge is -2.15. The van der Waals surface area contributed by atoms with Gasteiger partial charge in [0.25, 0.3) is 0 Å². The quantitative estimate of drug-likeness (QED) is 0.574. The van der Waals surface area contributed by atoms with Crippen LogP contribution in [-0.2, 0) is 12.8 Å². The molecule has 1 atom stereocenters. The monoisotopic (exact) mass is 414 g/mol. The van der Waals surface area contributed by atoms with Crippen molar-refractivity contribution in [2.24, 2.45) is 5.92 Å². The van der Waals surface area contributed by atoms with E-state index in [9.17, 15) is 4.39 Å². The summed E-state index contributed by atoms with van der Waals surface area (Å²) in [6.45, 7) is 0. The Labute approximate surface area is 141 Å². The normalized spacial score (nSPS) is 12.2. The van der Waals surface area contributed by atoms with Gasteiger partial charge in [0.1, 0.15) is 11.6 Å². The van der Waals surface area contributed by atoms with Crippen molar-refractivity contribution >= 4 is 31.9 Å². The Hall–Kier alpha value is -0.870. The Morgan fingerprint density at radius 2 is 1.81 bits per heavy atom. The molecule has 0 aromatic heterocycles. The second-order valence-electron chi connectivity index (χ2n) is 5.01. The van der Waals surface area contributed by atoms with Crippen LogP contribution < -0.4 is 4.74 Å². The van der Waals surface area contributed by atoms with E-state index in [1.54, 1.807) is 7.11 Å². The van der Waals surface area contributed by atoms with Crippen LogP contribution in [0.25, 0.3) is 0 Å². The van der Waals surface area contributed by atoms with Crippen molar-refractivity contribution in [3.8, 4) is 5.75 Å². The molecule has 0 radical (unpaired) electrons. The molecule has 0 aliphatic carbocycles. The first-order valence-corrected chi connectivity index (χ1v) is 8.66. The second-order valence-corrected chi connectivity index (χ2v) is 6.58. The van der Waals surface area contributed by atoms with Gasteiger partial charge >= 0.3 is 0 Å². The van der Waals surface area contributed by atoms with Crippen LogP contribution in [0.1, 0.15) is 11.1 Å². The van der Waals surface area contributed by atoms with Gasteiger partial charge in [-0.05, 0) is 54.2 Å². The summed E-state index contributed by atoms with van der Waals surface area (Å²) in [5.41, 5.74) is 1.99. The first-order valence-electron chi connectivity index (χ1n) is 6.75. The molecule has 0 aliphatic heterocycles. The minimum Gasteiger partial charge on any atom is -0.497 e. The predicted molar refractivity (Wildman–Crippen MR) is 91.8 cm³/mol. The van der Waals surface area contributed by atoms with Crippen molar-refractivity contribution < 1.29 is 9.13 Å². The van der Waals surface area contributed by atoms with E-state index in [2.05, 4.69) is 44.0 Å². The molecule has 0 aliphatic rings. The third-order valence-electron chi connectivity index (χ3n) is 3.43. The predicted octanol–water partition coefficient (Wildman–Crippen LogP) is 5.39. The summed E-state index contributed by atoms with van der Waals surface area (Å²) in [5, 5.41) is 0.842. The molecule has 0 spiro atoms. The molecule has 21 heavy (non-hydrogen) atoms. The van der Waals surface area contributed by atoms with E-state index in [0.29, 0.717) is 5.92 Å². The zero-order valence-corrected chi connectivity index (χ0v) is 15.0. The van der Waals surface area contributed by atoms with Gasteiger partial charge in [0.15, 0.2) is 0 Å². The number of ether oxygens (including phenoxy) is 1. The van der Waals surface area contributed by atoms with Crippen LogP contribution in [-0.4, -0.2) is 12.4 Å². The summed E-state index contributed by atoms with van der Waals surface area (Å²) in [5.74, 6) is 1.06. The van der Waals surface area contributed by atoms with Crippen LogP contribution in [0, 0.1) is 11.7 Å². The lowest BCUT2D eigenvalue weighted by atomic mass is 9.94. The Balaban J connectivity index is 2.05. The molecule has 2 aromatic carbocycles. The number of benzene rings is 2.